The van der Waals surface area contributed by atoms with Crippen molar-refractivity contribution < 1.29 is 9.53 Å². The molecular formula is C25H30N6O3. The highest BCUT2D eigenvalue weighted by Gasteiger charge is 2.23. The summed E-state index contributed by atoms with van der Waals surface area (Å²) >= 11 is 0. The Kier molecular flexibility index (Phi) is 6.76. The maximum absolute atomic E-state index is 13.4. The van der Waals surface area contributed by atoms with Crippen molar-refractivity contribution in [1.29, 1.82) is 0 Å². The number of rotatable bonds is 6. The van der Waals surface area contributed by atoms with Gasteiger partial charge >= 0.3 is 0 Å². The lowest BCUT2D eigenvalue weighted by molar-refractivity contribution is 0.102. The number of amides is 1. The third-order valence-corrected chi connectivity index (χ3v) is 6.12. The van der Waals surface area contributed by atoms with E-state index in [4.69, 9.17) is 10.5 Å². The monoisotopic (exact) mass is 462 g/mol. The van der Waals surface area contributed by atoms with Crippen molar-refractivity contribution in [2.75, 3.05) is 18.2 Å². The van der Waals surface area contributed by atoms with Gasteiger partial charge in [-0.25, -0.2) is 4.98 Å². The number of ether oxygens (including phenoxy) is 1. The molecule has 9 nitrogen and oxygen atoms in total. The van der Waals surface area contributed by atoms with Gasteiger partial charge < -0.3 is 21.1 Å². The molecule has 1 aliphatic rings. The molecule has 2 atom stereocenters. The molecule has 1 saturated heterocycles. The van der Waals surface area contributed by atoms with Crippen LogP contribution in [0, 0.1) is 13.8 Å². The Balaban J connectivity index is 1.66. The average molecular weight is 463 g/mol. The fourth-order valence-electron chi connectivity index (χ4n) is 4.62. The number of aryl methyl sites for hydroxylation is 2. The molecule has 1 aliphatic heterocycles. The van der Waals surface area contributed by atoms with Gasteiger partial charge in [0.05, 0.1) is 24.2 Å². The van der Waals surface area contributed by atoms with Crippen molar-refractivity contribution >= 4 is 17.4 Å². The molecule has 3 aromatic rings. The number of nitrogens with two attached hydrogens (primary N) is 1. The number of carbonyl (C=O) groups is 1. The van der Waals surface area contributed by atoms with E-state index in [0.717, 1.165) is 35.1 Å². The lowest BCUT2D eigenvalue weighted by Gasteiger charge is -2.16. The zero-order valence-corrected chi connectivity index (χ0v) is 19.9. The van der Waals surface area contributed by atoms with Gasteiger partial charge in [0.15, 0.2) is 0 Å². The van der Waals surface area contributed by atoms with Gasteiger partial charge in [0, 0.05) is 25.4 Å². The van der Waals surface area contributed by atoms with E-state index < -0.39 is 11.5 Å². The molecule has 9 heteroatoms. The van der Waals surface area contributed by atoms with Crippen molar-refractivity contribution in [2.24, 2.45) is 0 Å². The maximum atomic E-state index is 13.4. The summed E-state index contributed by atoms with van der Waals surface area (Å²) in [5, 5.41) is 6.27. The second-order valence-corrected chi connectivity index (χ2v) is 8.85. The molecule has 2 aromatic heterocycles. The van der Waals surface area contributed by atoms with Gasteiger partial charge in [-0.3, -0.25) is 19.1 Å². The number of nitrogen functional groups attached to an aromatic ring is 1. The molecule has 0 unspecified atom stereocenters. The van der Waals surface area contributed by atoms with Crippen molar-refractivity contribution in [2.45, 2.75) is 52.3 Å². The summed E-state index contributed by atoms with van der Waals surface area (Å²) in [5.74, 6) is -0.747. The van der Waals surface area contributed by atoms with E-state index in [-0.39, 0.29) is 17.4 Å². The SMILES string of the molecule is COCc1cc(C)c(-n2cnc(N)c(C(=O)Nc3cncc([C@@H]4CC[C@H](C)N4)c3)c2=O)c(C)c1. The van der Waals surface area contributed by atoms with Crippen LogP contribution in [0.3, 0.4) is 0 Å². The standard InChI is InChI=1S/C25H30N6O3/c1-14-7-17(12-34-4)8-15(2)22(14)31-13-28-23(26)21(25(31)33)24(32)30-19-9-18(10-27-11-19)20-6-5-16(3)29-20/h7-11,13,16,20,29H,5-6,12,26H2,1-4H3,(H,30,32)/t16-,20-/m0/s1. The Hall–Kier alpha value is -3.56. The van der Waals surface area contributed by atoms with Crippen LogP contribution in [0.1, 0.15) is 58.4 Å². The number of carbonyl (C=O) groups excluding carboxylic acids is 1. The Bertz CT molecular complexity index is 1260. The van der Waals surface area contributed by atoms with Gasteiger partial charge in [-0.15, -0.1) is 0 Å². The van der Waals surface area contributed by atoms with Gasteiger partial charge in [0.25, 0.3) is 11.5 Å². The summed E-state index contributed by atoms with van der Waals surface area (Å²) in [6.07, 6.45) is 6.78. The van der Waals surface area contributed by atoms with Crippen LogP contribution in [0.25, 0.3) is 5.69 Å². The first kappa shape index (κ1) is 23.6. The number of nitrogens with zero attached hydrogens (tertiary/aromatic N) is 3. The third-order valence-electron chi connectivity index (χ3n) is 6.12. The Labute approximate surface area is 198 Å². The lowest BCUT2D eigenvalue weighted by atomic mass is 10.0. The van der Waals surface area contributed by atoms with E-state index in [1.165, 1.54) is 10.9 Å². The van der Waals surface area contributed by atoms with Crippen molar-refractivity contribution in [3.63, 3.8) is 0 Å². The minimum atomic E-state index is -0.623. The Morgan fingerprint density at radius 1 is 1.24 bits per heavy atom. The van der Waals surface area contributed by atoms with Crippen LogP contribution < -0.4 is 21.9 Å². The molecule has 1 fully saturated rings. The molecule has 0 bridgehead atoms. The first-order valence-corrected chi connectivity index (χ1v) is 11.3. The average Bonchev–Trinajstić information content (AvgIpc) is 3.22. The Morgan fingerprint density at radius 3 is 2.62 bits per heavy atom. The number of methoxy groups -OCH3 is 1. The quantitative estimate of drug-likeness (QED) is 0.514. The first-order chi connectivity index (χ1) is 16.3. The van der Waals surface area contributed by atoms with Crippen LogP contribution in [0.15, 0.2) is 41.7 Å². The normalized spacial score (nSPS) is 17.6. The zero-order valence-electron chi connectivity index (χ0n) is 19.9. The summed E-state index contributed by atoms with van der Waals surface area (Å²) in [6.45, 7) is 6.41. The van der Waals surface area contributed by atoms with Gasteiger partial charge in [0.1, 0.15) is 17.7 Å². The summed E-state index contributed by atoms with van der Waals surface area (Å²) in [4.78, 5) is 34.9. The number of aromatic nitrogens is 3. The molecule has 4 N–H and O–H groups in total. The Morgan fingerprint density at radius 2 is 1.97 bits per heavy atom. The molecular weight excluding hydrogens is 432 g/mol. The largest absolute Gasteiger partial charge is 0.383 e. The van der Waals surface area contributed by atoms with E-state index in [9.17, 15) is 9.59 Å². The molecule has 0 saturated carbocycles. The zero-order chi connectivity index (χ0) is 24.4. The number of benzene rings is 1. The van der Waals surface area contributed by atoms with E-state index >= 15 is 0 Å². The predicted molar refractivity (Wildman–Crippen MR) is 131 cm³/mol. The van der Waals surface area contributed by atoms with Crippen LogP contribution in [0.2, 0.25) is 0 Å². The number of anilines is 2. The number of nitrogens with one attached hydrogen (secondary N) is 2. The van der Waals surface area contributed by atoms with Gasteiger partial charge in [-0.1, -0.05) is 12.1 Å². The van der Waals surface area contributed by atoms with E-state index in [1.807, 2.05) is 32.0 Å². The van der Waals surface area contributed by atoms with Crippen LogP contribution in [0.5, 0.6) is 0 Å². The summed E-state index contributed by atoms with van der Waals surface area (Å²) in [5.41, 5.74) is 10.1. The van der Waals surface area contributed by atoms with Crippen LogP contribution in [-0.4, -0.2) is 33.6 Å². The van der Waals surface area contributed by atoms with Crippen LogP contribution in [-0.2, 0) is 11.3 Å². The molecule has 178 valence electrons. The van der Waals surface area contributed by atoms with Gasteiger partial charge in [0.2, 0.25) is 0 Å². The van der Waals surface area contributed by atoms with Gasteiger partial charge in [-0.2, -0.15) is 0 Å². The summed E-state index contributed by atoms with van der Waals surface area (Å²) < 4.78 is 6.58. The van der Waals surface area contributed by atoms with Crippen molar-refractivity contribution in [1.82, 2.24) is 19.9 Å². The number of pyridine rings is 1. The molecule has 0 spiro atoms. The highest BCUT2D eigenvalue weighted by molar-refractivity contribution is 6.06. The van der Waals surface area contributed by atoms with E-state index in [1.54, 1.807) is 19.5 Å². The minimum Gasteiger partial charge on any atom is -0.383 e. The van der Waals surface area contributed by atoms with Gasteiger partial charge in [-0.05, 0) is 61.9 Å². The lowest BCUT2D eigenvalue weighted by Crippen LogP contribution is -2.31. The smallest absolute Gasteiger partial charge is 0.272 e. The second-order valence-electron chi connectivity index (χ2n) is 8.85. The first-order valence-electron chi connectivity index (χ1n) is 11.3. The van der Waals surface area contributed by atoms with E-state index in [0.29, 0.717) is 24.0 Å². The van der Waals surface area contributed by atoms with Crippen LogP contribution >= 0.6 is 0 Å². The summed E-state index contributed by atoms with van der Waals surface area (Å²) in [6, 6.07) is 6.39. The number of hydrogen-bond donors (Lipinski definition) is 3. The summed E-state index contributed by atoms with van der Waals surface area (Å²) in [7, 11) is 1.63. The highest BCUT2D eigenvalue weighted by Crippen LogP contribution is 2.27. The maximum Gasteiger partial charge on any atom is 0.272 e. The molecule has 0 radical (unpaired) electrons. The minimum absolute atomic E-state index is 0.125. The van der Waals surface area contributed by atoms with E-state index in [2.05, 4.69) is 27.5 Å². The molecule has 1 aromatic carbocycles. The second kappa shape index (κ2) is 9.74. The molecule has 0 aliphatic carbocycles. The third kappa shape index (κ3) is 4.71. The molecule has 4 rings (SSSR count). The van der Waals surface area contributed by atoms with Crippen molar-refractivity contribution in [3.05, 3.63) is 75.1 Å². The predicted octanol–water partition coefficient (Wildman–Crippen LogP) is 3.04. The molecule has 3 heterocycles. The molecule has 34 heavy (non-hydrogen) atoms. The van der Waals surface area contributed by atoms with Crippen molar-refractivity contribution in [3.8, 4) is 5.69 Å². The number of hydrogen-bond acceptors (Lipinski definition) is 7. The fraction of sp³-hybridized carbons (Fsp3) is 0.360. The molecule has 1 amide bonds. The fourth-order valence-corrected chi connectivity index (χ4v) is 4.62. The van der Waals surface area contributed by atoms with Crippen LogP contribution in [0.4, 0.5) is 11.5 Å². The highest BCUT2D eigenvalue weighted by atomic mass is 16.5. The topological polar surface area (TPSA) is 124 Å².